The third-order valence-corrected chi connectivity index (χ3v) is 10.5. The number of nitrogens with zero attached hydrogens (tertiary/aromatic N) is 2. The van der Waals surface area contributed by atoms with Crippen LogP contribution in [0, 0.1) is 0 Å². The first-order chi connectivity index (χ1) is 16.4. The van der Waals surface area contributed by atoms with Crippen LogP contribution >= 0.6 is 69.4 Å². The number of benzene rings is 2. The molecule has 1 aliphatic rings. The molecule has 1 fully saturated rings. The number of hydrogen-bond acceptors (Lipinski definition) is 10. The summed E-state index contributed by atoms with van der Waals surface area (Å²) in [6.07, 6.45) is 0. The zero-order chi connectivity index (χ0) is 23.9. The van der Waals surface area contributed by atoms with Crippen molar-refractivity contribution in [2.24, 2.45) is 0 Å². The van der Waals surface area contributed by atoms with Gasteiger partial charge in [0.15, 0.2) is 20.1 Å². The van der Waals surface area contributed by atoms with Crippen LogP contribution in [-0.2, 0) is 19.1 Å². The molecule has 176 valence electrons. The number of Topliss-reactive ketones (excluding diaryl/α,β-unsaturated/α-hetero) is 1. The van der Waals surface area contributed by atoms with Gasteiger partial charge in [-0.2, -0.15) is 0 Å². The van der Waals surface area contributed by atoms with E-state index in [0.717, 1.165) is 24.8 Å². The maximum atomic E-state index is 13.2. The van der Waals surface area contributed by atoms with Crippen LogP contribution in [0.4, 0.5) is 0 Å². The lowest BCUT2D eigenvalue weighted by Crippen LogP contribution is -2.50. The molecule has 2 unspecified atom stereocenters. The average molecular weight is 572 g/mol. The summed E-state index contributed by atoms with van der Waals surface area (Å²) in [5, 5.41) is 0.401. The molecular formula is C22H16Cl2N2O4S4. The molecule has 0 saturated carbocycles. The van der Waals surface area contributed by atoms with Crippen LogP contribution in [0.5, 0.6) is 0 Å². The molecule has 12 heteroatoms. The van der Waals surface area contributed by atoms with Crippen molar-refractivity contribution < 1.29 is 19.1 Å². The molecule has 3 heterocycles. The van der Waals surface area contributed by atoms with Gasteiger partial charge >= 0.3 is 5.97 Å². The topological polar surface area (TPSA) is 78.4 Å². The second-order valence-electron chi connectivity index (χ2n) is 7.34. The summed E-state index contributed by atoms with van der Waals surface area (Å²) >= 11 is 17.7. The van der Waals surface area contributed by atoms with Gasteiger partial charge in [-0.25, -0.2) is 14.8 Å². The maximum Gasteiger partial charge on any atom is 0.340 e. The Kier molecular flexibility index (Phi) is 7.09. The Labute approximate surface area is 221 Å². The maximum absolute atomic E-state index is 13.2. The SMILES string of the molecule is CCOC(=O)C1(CSc2nc3cc(Cl)ccc3s2)OCC(=O)C1Sc1nc2cc(Cl)ccc2s1. The van der Waals surface area contributed by atoms with Gasteiger partial charge in [0.25, 0.3) is 0 Å². The summed E-state index contributed by atoms with van der Waals surface area (Å²) in [7, 11) is 0. The largest absolute Gasteiger partial charge is 0.464 e. The number of fused-ring (bicyclic) bond motifs is 2. The van der Waals surface area contributed by atoms with E-state index in [0.29, 0.717) is 14.4 Å². The molecule has 5 rings (SSSR count). The molecule has 4 aromatic rings. The Bertz CT molecular complexity index is 1410. The Morgan fingerprint density at radius 1 is 1.12 bits per heavy atom. The van der Waals surface area contributed by atoms with E-state index in [-0.39, 0.29) is 24.7 Å². The molecule has 6 nitrogen and oxygen atoms in total. The van der Waals surface area contributed by atoms with Crippen LogP contribution in [0.3, 0.4) is 0 Å². The van der Waals surface area contributed by atoms with E-state index >= 15 is 0 Å². The minimum absolute atomic E-state index is 0.163. The van der Waals surface area contributed by atoms with Crippen molar-refractivity contribution in [2.75, 3.05) is 19.0 Å². The minimum atomic E-state index is -1.45. The molecule has 2 aromatic carbocycles. The highest BCUT2D eigenvalue weighted by Crippen LogP contribution is 2.44. The molecule has 0 spiro atoms. The Morgan fingerprint density at radius 2 is 1.74 bits per heavy atom. The molecule has 1 saturated heterocycles. The number of ether oxygens (including phenoxy) is 2. The van der Waals surface area contributed by atoms with Crippen molar-refractivity contribution in [1.82, 2.24) is 9.97 Å². The third-order valence-electron chi connectivity index (χ3n) is 5.10. The normalized spacial score (nSPS) is 20.4. The molecule has 0 radical (unpaired) electrons. The number of ketones is 1. The lowest BCUT2D eigenvalue weighted by Gasteiger charge is -2.29. The van der Waals surface area contributed by atoms with Crippen molar-refractivity contribution >= 4 is 102 Å². The molecule has 0 amide bonds. The molecule has 1 aliphatic heterocycles. The summed E-state index contributed by atoms with van der Waals surface area (Å²) in [5.74, 6) is -0.550. The lowest BCUT2D eigenvalue weighted by molar-refractivity contribution is -0.163. The quantitative estimate of drug-likeness (QED) is 0.187. The number of esters is 1. The van der Waals surface area contributed by atoms with E-state index < -0.39 is 16.8 Å². The van der Waals surface area contributed by atoms with Gasteiger partial charge in [-0.05, 0) is 43.3 Å². The van der Waals surface area contributed by atoms with Gasteiger partial charge in [-0.3, -0.25) is 4.79 Å². The summed E-state index contributed by atoms with van der Waals surface area (Å²) in [6.45, 7) is 1.74. The Balaban J connectivity index is 1.44. The molecule has 0 N–H and O–H groups in total. The lowest BCUT2D eigenvalue weighted by atomic mass is 10.0. The fourth-order valence-electron chi connectivity index (χ4n) is 3.51. The number of hydrogen-bond donors (Lipinski definition) is 0. The predicted molar refractivity (Wildman–Crippen MR) is 140 cm³/mol. The number of carbonyl (C=O) groups is 2. The van der Waals surface area contributed by atoms with Gasteiger partial charge < -0.3 is 9.47 Å². The van der Waals surface area contributed by atoms with Crippen molar-refractivity contribution in [2.45, 2.75) is 26.5 Å². The van der Waals surface area contributed by atoms with Crippen molar-refractivity contribution in [1.29, 1.82) is 0 Å². The van der Waals surface area contributed by atoms with Crippen LogP contribution < -0.4 is 0 Å². The van der Waals surface area contributed by atoms with Gasteiger partial charge in [0.05, 0.1) is 27.0 Å². The summed E-state index contributed by atoms with van der Waals surface area (Å²) in [4.78, 5) is 35.3. The van der Waals surface area contributed by atoms with E-state index in [2.05, 4.69) is 9.97 Å². The smallest absolute Gasteiger partial charge is 0.340 e. The zero-order valence-corrected chi connectivity index (χ0v) is 22.4. The highest BCUT2D eigenvalue weighted by Gasteiger charge is 2.57. The third kappa shape index (κ3) is 4.69. The van der Waals surface area contributed by atoms with Gasteiger partial charge in [0.1, 0.15) is 11.9 Å². The second-order valence-corrected chi connectivity index (χ2v) is 12.8. The van der Waals surface area contributed by atoms with Gasteiger partial charge in [-0.1, -0.05) is 46.7 Å². The highest BCUT2D eigenvalue weighted by atomic mass is 35.5. The molecule has 0 aliphatic carbocycles. The fraction of sp³-hybridized carbons (Fsp3) is 0.273. The van der Waals surface area contributed by atoms with Gasteiger partial charge in [-0.15, -0.1) is 22.7 Å². The summed E-state index contributed by atoms with van der Waals surface area (Å²) in [6, 6.07) is 11.0. The molecule has 2 aromatic heterocycles. The van der Waals surface area contributed by atoms with E-state index in [4.69, 9.17) is 32.7 Å². The number of carbonyl (C=O) groups excluding carboxylic acids is 2. The first-order valence-corrected chi connectivity index (χ1v) is 14.4. The summed E-state index contributed by atoms with van der Waals surface area (Å²) < 4.78 is 14.6. The minimum Gasteiger partial charge on any atom is -0.464 e. The molecular weight excluding hydrogens is 555 g/mol. The van der Waals surface area contributed by atoms with Crippen LogP contribution in [-0.4, -0.2) is 51.5 Å². The van der Waals surface area contributed by atoms with Crippen LogP contribution in [0.15, 0.2) is 45.1 Å². The molecule has 34 heavy (non-hydrogen) atoms. The Hall–Kier alpha value is -1.40. The summed E-state index contributed by atoms with van der Waals surface area (Å²) in [5.41, 5.74) is 0.0798. The first-order valence-electron chi connectivity index (χ1n) is 10.1. The van der Waals surface area contributed by atoms with Crippen LogP contribution in [0.1, 0.15) is 6.92 Å². The van der Waals surface area contributed by atoms with Gasteiger partial charge in [0.2, 0.25) is 0 Å². The van der Waals surface area contributed by atoms with Gasteiger partial charge in [0, 0.05) is 15.8 Å². The van der Waals surface area contributed by atoms with E-state index in [1.165, 1.54) is 46.2 Å². The average Bonchev–Trinajstić information content (AvgIpc) is 3.48. The van der Waals surface area contributed by atoms with E-state index in [1.807, 2.05) is 18.2 Å². The van der Waals surface area contributed by atoms with Crippen molar-refractivity contribution in [3.8, 4) is 0 Å². The van der Waals surface area contributed by atoms with Crippen molar-refractivity contribution in [3.63, 3.8) is 0 Å². The number of thiazole rings is 2. The van der Waals surface area contributed by atoms with E-state index in [9.17, 15) is 9.59 Å². The number of halogens is 2. The van der Waals surface area contributed by atoms with Crippen LogP contribution in [0.2, 0.25) is 10.0 Å². The number of aromatic nitrogens is 2. The predicted octanol–water partition coefficient (Wildman–Crippen LogP) is 6.37. The molecule has 0 bridgehead atoms. The standard InChI is InChI=1S/C22H16Cl2N2O4S4/c1-2-29-19(28)22(10-31-20-25-13-7-11(23)3-5-16(13)32-20)18(15(27)9-30-22)34-21-26-14-8-12(24)4-6-17(14)33-21/h3-8,18H,2,9-10H2,1H3. The Morgan fingerprint density at radius 3 is 2.38 bits per heavy atom. The van der Waals surface area contributed by atoms with E-state index in [1.54, 1.807) is 25.1 Å². The molecule has 2 atom stereocenters. The van der Waals surface area contributed by atoms with Crippen molar-refractivity contribution in [3.05, 3.63) is 46.4 Å². The van der Waals surface area contributed by atoms with Crippen LogP contribution in [0.25, 0.3) is 20.4 Å². The monoisotopic (exact) mass is 570 g/mol. The second kappa shape index (κ2) is 9.93. The zero-order valence-electron chi connectivity index (χ0n) is 17.6. The fourth-order valence-corrected chi connectivity index (χ4v) is 8.59. The number of thioether (sulfide) groups is 2. The first kappa shape index (κ1) is 24.3. The highest BCUT2D eigenvalue weighted by molar-refractivity contribution is 8.03. The number of rotatable bonds is 7.